The van der Waals surface area contributed by atoms with Crippen LogP contribution >= 0.6 is 22.6 Å². The second-order valence-corrected chi connectivity index (χ2v) is 9.24. The van der Waals surface area contributed by atoms with Crippen molar-refractivity contribution in [2.45, 2.75) is 13.8 Å². The first kappa shape index (κ1) is 20.5. The minimum absolute atomic E-state index is 0.925. The third-order valence-corrected chi connectivity index (χ3v) is 6.74. The number of hydrogen-bond acceptors (Lipinski definition) is 4. The molecule has 1 aliphatic rings. The summed E-state index contributed by atoms with van der Waals surface area (Å²) < 4.78 is 3.27. The maximum atomic E-state index is 5.12. The molecule has 0 amide bonds. The monoisotopic (exact) mass is 523 g/mol. The molecule has 1 saturated heterocycles. The lowest BCUT2D eigenvalue weighted by atomic mass is 10.1. The van der Waals surface area contributed by atoms with E-state index in [-0.39, 0.29) is 0 Å². The van der Waals surface area contributed by atoms with Crippen LogP contribution in [0.3, 0.4) is 0 Å². The van der Waals surface area contributed by atoms with Crippen molar-refractivity contribution in [1.82, 2.24) is 19.5 Å². The van der Waals surface area contributed by atoms with E-state index < -0.39 is 0 Å². The smallest absolute Gasteiger partial charge is 0.166 e. The van der Waals surface area contributed by atoms with E-state index in [1.807, 2.05) is 6.07 Å². The Morgan fingerprint density at radius 1 is 0.903 bits per heavy atom. The number of fused-ring (bicyclic) bond motifs is 1. The highest BCUT2D eigenvalue weighted by molar-refractivity contribution is 14.1. The van der Waals surface area contributed by atoms with Crippen LogP contribution in [-0.2, 0) is 0 Å². The lowest BCUT2D eigenvalue weighted by Gasteiger charge is -2.35. The van der Waals surface area contributed by atoms with Gasteiger partial charge < -0.3 is 9.80 Å². The average molecular weight is 523 g/mol. The van der Waals surface area contributed by atoms with Gasteiger partial charge in [0.1, 0.15) is 5.82 Å². The number of aromatic nitrogens is 3. The van der Waals surface area contributed by atoms with E-state index in [4.69, 9.17) is 10.1 Å². The van der Waals surface area contributed by atoms with Gasteiger partial charge in [0.05, 0.1) is 11.4 Å². The summed E-state index contributed by atoms with van der Waals surface area (Å²) in [5.74, 6) is 1.12. The number of benzene rings is 2. The number of halogens is 1. The molecular formula is C25H26IN5. The summed E-state index contributed by atoms with van der Waals surface area (Å²) in [6.45, 7) is 9.57. The van der Waals surface area contributed by atoms with E-state index in [2.05, 4.69) is 105 Å². The van der Waals surface area contributed by atoms with E-state index in [0.29, 0.717) is 0 Å². The van der Waals surface area contributed by atoms with Crippen molar-refractivity contribution >= 4 is 34.1 Å². The molecule has 0 saturated carbocycles. The van der Waals surface area contributed by atoms with Crippen molar-refractivity contribution in [3.63, 3.8) is 0 Å². The zero-order chi connectivity index (χ0) is 21.4. The summed E-state index contributed by atoms with van der Waals surface area (Å²) in [6.07, 6.45) is 0. The Morgan fingerprint density at radius 3 is 2.35 bits per heavy atom. The van der Waals surface area contributed by atoms with E-state index in [1.54, 1.807) is 0 Å². The maximum Gasteiger partial charge on any atom is 0.166 e. The molecule has 6 heteroatoms. The van der Waals surface area contributed by atoms with Crippen LogP contribution in [0.2, 0.25) is 0 Å². The van der Waals surface area contributed by atoms with Gasteiger partial charge in [0.25, 0.3) is 0 Å². The summed E-state index contributed by atoms with van der Waals surface area (Å²) in [7, 11) is 0. The first-order chi connectivity index (χ1) is 15.1. The van der Waals surface area contributed by atoms with Gasteiger partial charge in [0, 0.05) is 46.9 Å². The summed E-state index contributed by atoms with van der Waals surface area (Å²) in [5.41, 5.74) is 6.34. The zero-order valence-electron chi connectivity index (χ0n) is 17.9. The van der Waals surface area contributed by atoms with Crippen LogP contribution < -0.4 is 4.90 Å². The standard InChI is InChI=1S/C25H26IN5/c1-3-29-12-14-30(15-13-29)23-17-22(19-8-5-4-6-9-19)27-25-24(18(2)28-31(23)25)20-10-7-11-21(26)16-20/h4-11,16-17H,3,12-15H2,1-2H3. The van der Waals surface area contributed by atoms with Crippen LogP contribution in [-0.4, -0.2) is 52.2 Å². The van der Waals surface area contributed by atoms with Gasteiger partial charge in [-0.2, -0.15) is 9.61 Å². The quantitative estimate of drug-likeness (QED) is 0.348. The van der Waals surface area contributed by atoms with Crippen molar-refractivity contribution in [2.75, 3.05) is 37.6 Å². The number of nitrogens with zero attached hydrogens (tertiary/aromatic N) is 5. The first-order valence-corrected chi connectivity index (χ1v) is 11.9. The van der Waals surface area contributed by atoms with Gasteiger partial charge in [0.15, 0.2) is 5.65 Å². The summed E-state index contributed by atoms with van der Waals surface area (Å²) in [5, 5.41) is 4.96. The number of likely N-dealkylation sites (N-methyl/N-ethyl adjacent to an activating group) is 1. The van der Waals surface area contributed by atoms with Crippen molar-refractivity contribution in [3.8, 4) is 22.4 Å². The molecule has 158 valence electrons. The van der Waals surface area contributed by atoms with Crippen LogP contribution in [0.15, 0.2) is 60.7 Å². The van der Waals surface area contributed by atoms with E-state index in [0.717, 1.165) is 66.7 Å². The molecule has 0 radical (unpaired) electrons. The number of hydrogen-bond donors (Lipinski definition) is 0. The molecule has 0 bridgehead atoms. The van der Waals surface area contributed by atoms with Crippen molar-refractivity contribution in [1.29, 1.82) is 0 Å². The molecule has 2 aromatic carbocycles. The number of rotatable bonds is 4. The Kier molecular flexibility index (Phi) is 5.67. The van der Waals surface area contributed by atoms with Crippen molar-refractivity contribution in [2.24, 2.45) is 0 Å². The molecule has 1 fully saturated rings. The van der Waals surface area contributed by atoms with Gasteiger partial charge in [-0.25, -0.2) is 4.98 Å². The second-order valence-electron chi connectivity index (χ2n) is 7.99. The Balaban J connectivity index is 1.71. The van der Waals surface area contributed by atoms with Gasteiger partial charge in [-0.3, -0.25) is 0 Å². The number of aryl methyl sites for hydroxylation is 1. The zero-order valence-corrected chi connectivity index (χ0v) is 20.1. The highest BCUT2D eigenvalue weighted by Crippen LogP contribution is 2.33. The summed E-state index contributed by atoms with van der Waals surface area (Å²) in [4.78, 5) is 10.1. The van der Waals surface area contributed by atoms with Gasteiger partial charge in [0.2, 0.25) is 0 Å². The van der Waals surface area contributed by atoms with Crippen LogP contribution in [0.25, 0.3) is 28.0 Å². The molecule has 4 aromatic rings. The number of piperazine rings is 1. The first-order valence-electron chi connectivity index (χ1n) is 10.8. The van der Waals surface area contributed by atoms with Crippen LogP contribution in [0.1, 0.15) is 12.6 Å². The number of anilines is 1. The molecule has 5 rings (SSSR count). The highest BCUT2D eigenvalue weighted by atomic mass is 127. The van der Waals surface area contributed by atoms with Gasteiger partial charge in [-0.1, -0.05) is 49.4 Å². The SMILES string of the molecule is CCN1CCN(c2cc(-c3ccccc3)nc3c(-c4cccc(I)c4)c(C)nn23)CC1. The maximum absolute atomic E-state index is 5.12. The second kappa shape index (κ2) is 8.59. The molecule has 0 atom stereocenters. The fourth-order valence-electron chi connectivity index (χ4n) is 4.37. The molecule has 2 aromatic heterocycles. The largest absolute Gasteiger partial charge is 0.354 e. The molecule has 3 heterocycles. The van der Waals surface area contributed by atoms with Crippen LogP contribution in [0.5, 0.6) is 0 Å². The predicted molar refractivity (Wildman–Crippen MR) is 136 cm³/mol. The Morgan fingerprint density at radius 2 is 1.65 bits per heavy atom. The third-order valence-electron chi connectivity index (χ3n) is 6.07. The molecule has 0 unspecified atom stereocenters. The van der Waals surface area contributed by atoms with Gasteiger partial charge >= 0.3 is 0 Å². The molecule has 31 heavy (non-hydrogen) atoms. The lowest BCUT2D eigenvalue weighted by molar-refractivity contribution is 0.270. The topological polar surface area (TPSA) is 36.7 Å². The molecule has 5 nitrogen and oxygen atoms in total. The van der Waals surface area contributed by atoms with E-state index in [1.165, 1.54) is 9.13 Å². The minimum atomic E-state index is 0.925. The molecule has 0 N–H and O–H groups in total. The summed E-state index contributed by atoms with van der Waals surface area (Å²) in [6, 6.07) is 21.2. The lowest BCUT2D eigenvalue weighted by Crippen LogP contribution is -2.46. The third kappa shape index (κ3) is 3.94. The van der Waals surface area contributed by atoms with E-state index in [9.17, 15) is 0 Å². The van der Waals surface area contributed by atoms with Crippen molar-refractivity contribution in [3.05, 3.63) is 69.9 Å². The van der Waals surface area contributed by atoms with Crippen LogP contribution in [0, 0.1) is 10.5 Å². The average Bonchev–Trinajstić information content (AvgIpc) is 3.15. The van der Waals surface area contributed by atoms with E-state index >= 15 is 0 Å². The Labute approximate surface area is 196 Å². The summed E-state index contributed by atoms with van der Waals surface area (Å²) >= 11 is 2.37. The van der Waals surface area contributed by atoms with Crippen molar-refractivity contribution < 1.29 is 0 Å². The predicted octanol–water partition coefficient (Wildman–Crippen LogP) is 5.12. The molecule has 0 spiro atoms. The fourth-order valence-corrected chi connectivity index (χ4v) is 4.91. The van der Waals surface area contributed by atoms with Gasteiger partial charge in [-0.05, 0) is 53.8 Å². The van der Waals surface area contributed by atoms with Crippen LogP contribution in [0.4, 0.5) is 5.82 Å². The molecular weight excluding hydrogens is 497 g/mol. The minimum Gasteiger partial charge on any atom is -0.354 e. The Hall–Kier alpha value is -2.45. The molecule has 0 aliphatic carbocycles. The normalized spacial score (nSPS) is 15.0. The molecule has 1 aliphatic heterocycles. The fraction of sp³-hybridized carbons (Fsp3) is 0.280. The highest BCUT2D eigenvalue weighted by Gasteiger charge is 2.23. The Bertz CT molecular complexity index is 1210. The van der Waals surface area contributed by atoms with Gasteiger partial charge in [-0.15, -0.1) is 0 Å².